The maximum absolute atomic E-state index is 13.9. The minimum absolute atomic E-state index is 0.198. The number of aromatic nitrogens is 2. The van der Waals surface area contributed by atoms with E-state index in [4.69, 9.17) is 26.7 Å². The first-order valence-corrected chi connectivity index (χ1v) is 22.7. The lowest BCUT2D eigenvalue weighted by Gasteiger charge is -2.30. The number of likely N-dealkylation sites (N-methyl/N-ethyl adjacent to an activating group) is 1. The molecule has 0 fully saturated rings. The summed E-state index contributed by atoms with van der Waals surface area (Å²) < 4.78 is 12.0. The van der Waals surface area contributed by atoms with Crippen molar-refractivity contribution in [3.63, 3.8) is 0 Å². The zero-order chi connectivity index (χ0) is 48.7. The summed E-state index contributed by atoms with van der Waals surface area (Å²) in [5.41, 5.74) is 23.8. The summed E-state index contributed by atoms with van der Waals surface area (Å²) in [5.74, 6) is -0.623. The van der Waals surface area contributed by atoms with Crippen LogP contribution in [0, 0.1) is 6.92 Å². The van der Waals surface area contributed by atoms with Crippen LogP contribution in [-0.2, 0) is 32.0 Å². The van der Waals surface area contributed by atoms with Crippen molar-refractivity contribution in [2.45, 2.75) is 77.9 Å². The maximum atomic E-state index is 13.9. The normalized spacial score (nSPS) is 15.4. The van der Waals surface area contributed by atoms with Crippen molar-refractivity contribution >= 4 is 24.1 Å². The lowest BCUT2D eigenvalue weighted by molar-refractivity contribution is -0.140. The number of carbonyl (C=O) groups is 4. The van der Waals surface area contributed by atoms with Crippen molar-refractivity contribution in [3.05, 3.63) is 136 Å². The van der Waals surface area contributed by atoms with Gasteiger partial charge in [-0.3, -0.25) is 24.0 Å². The molecule has 4 bridgehead atoms. The van der Waals surface area contributed by atoms with E-state index >= 15 is 0 Å². The Morgan fingerprint density at radius 1 is 0.806 bits per heavy atom. The number of amides is 4. The third-order valence-corrected chi connectivity index (χ3v) is 10.7. The van der Waals surface area contributed by atoms with Crippen molar-refractivity contribution < 1.29 is 28.7 Å². The van der Waals surface area contributed by atoms with Gasteiger partial charge in [-0.15, -0.1) is 0 Å². The summed E-state index contributed by atoms with van der Waals surface area (Å²) in [6.45, 7) is 9.28. The number of aryl methyl sites for hydroxylation is 2. The zero-order valence-corrected chi connectivity index (χ0v) is 39.3. The van der Waals surface area contributed by atoms with E-state index in [0.29, 0.717) is 34.6 Å². The van der Waals surface area contributed by atoms with Crippen LogP contribution < -0.4 is 48.2 Å². The highest BCUT2D eigenvalue weighted by atomic mass is 16.5. The van der Waals surface area contributed by atoms with Gasteiger partial charge in [0.1, 0.15) is 42.6 Å². The molecule has 1 aromatic heterocycles. The number of hydrogen-bond acceptors (Lipinski definition) is 11. The lowest BCUT2D eigenvalue weighted by atomic mass is 9.93. The van der Waals surface area contributed by atoms with E-state index < -0.39 is 41.4 Å². The topological polar surface area (TPSA) is 250 Å². The number of benzene rings is 4. The Bertz CT molecular complexity index is 2410. The van der Waals surface area contributed by atoms with Crippen LogP contribution in [0.2, 0.25) is 0 Å². The van der Waals surface area contributed by atoms with Crippen LogP contribution >= 0.6 is 0 Å². The summed E-state index contributed by atoms with van der Waals surface area (Å²) in [6, 6.07) is 26.4. The average molecular weight is 918 g/mol. The van der Waals surface area contributed by atoms with Crippen LogP contribution in [0.15, 0.2) is 102 Å². The number of nitrogens with two attached hydrogens (primary N) is 3. The summed E-state index contributed by atoms with van der Waals surface area (Å²) in [7, 11) is 1.43. The van der Waals surface area contributed by atoms with Crippen LogP contribution in [0.5, 0.6) is 11.5 Å². The van der Waals surface area contributed by atoms with Crippen LogP contribution in [0.4, 0.5) is 0 Å². The molecule has 4 aromatic carbocycles. The maximum Gasteiger partial charge on any atom is 0.250 e. The van der Waals surface area contributed by atoms with Crippen LogP contribution in [-0.4, -0.2) is 91.5 Å². The number of nitrogens with one attached hydrogen (secondary N) is 4. The number of H-pyrrole nitrogens is 1. The molecular weight excluding hydrogens is 851 g/mol. The van der Waals surface area contributed by atoms with Gasteiger partial charge in [0, 0.05) is 43.5 Å². The number of ether oxygens (including phenoxy) is 2. The minimum Gasteiger partial charge on any atom is -0.492 e. The Hall–Kier alpha value is -6.88. The van der Waals surface area contributed by atoms with Gasteiger partial charge in [0.15, 0.2) is 0 Å². The predicted octanol–water partition coefficient (Wildman–Crippen LogP) is 4.64. The molecule has 3 atom stereocenters. The smallest absolute Gasteiger partial charge is 0.250 e. The molecule has 1 aliphatic rings. The third-order valence-electron chi connectivity index (χ3n) is 10.7. The number of fused-ring (bicyclic) bond motifs is 5. The minimum atomic E-state index is -1.22. The van der Waals surface area contributed by atoms with Gasteiger partial charge in [0.25, 0.3) is 5.56 Å². The van der Waals surface area contributed by atoms with Crippen molar-refractivity contribution in [1.29, 1.82) is 0 Å². The molecule has 0 radical (unpaired) electrons. The highest BCUT2D eigenvalue weighted by Crippen LogP contribution is 2.40. The third kappa shape index (κ3) is 15.9. The number of hydrogen-bond donors (Lipinski definition) is 7. The fourth-order valence-electron chi connectivity index (χ4n) is 7.04. The molecule has 0 aliphatic carbocycles. The van der Waals surface area contributed by atoms with E-state index in [1.807, 2.05) is 12.1 Å². The van der Waals surface area contributed by atoms with E-state index in [2.05, 4.69) is 95.2 Å². The molecule has 4 amide bonds. The van der Waals surface area contributed by atoms with Crippen LogP contribution in [0.25, 0.3) is 22.3 Å². The second-order valence-electron chi connectivity index (χ2n) is 16.0. The van der Waals surface area contributed by atoms with Gasteiger partial charge in [-0.25, -0.2) is 4.98 Å². The predicted molar refractivity (Wildman–Crippen MR) is 262 cm³/mol. The quantitative estimate of drug-likeness (QED) is 0.0672. The SMILES string of the molecule is CCCCc1ccc(-c2ccc(C)cc2)cc1.CCCN.C[C@@H]1NC(=O)C(N(C)C(=O)CNC=O)c2ccc(OCCN)c(c2)-c2cc(ccc2OCCN)CC(c2nccc(=O)[nH]2)NC1=O. The molecule has 6 rings (SSSR count). The molecule has 16 nitrogen and oxygen atoms in total. The first-order chi connectivity index (χ1) is 32.4. The van der Waals surface area contributed by atoms with Gasteiger partial charge in [-0.1, -0.05) is 86.5 Å². The largest absolute Gasteiger partial charge is 0.492 e. The monoisotopic (exact) mass is 918 g/mol. The van der Waals surface area contributed by atoms with E-state index in [1.54, 1.807) is 24.3 Å². The molecule has 10 N–H and O–H groups in total. The Kier molecular flexibility index (Phi) is 21.7. The number of rotatable bonds is 16. The second kappa shape index (κ2) is 27.6. The molecule has 0 saturated carbocycles. The van der Waals surface area contributed by atoms with E-state index in [1.165, 1.54) is 72.7 Å². The number of unbranched alkanes of at least 4 members (excludes halogenated alkanes) is 1. The zero-order valence-electron chi connectivity index (χ0n) is 39.3. The Labute approximate surface area is 393 Å². The number of carbonyl (C=O) groups excluding carboxylic acids is 4. The van der Waals surface area contributed by atoms with E-state index in [9.17, 15) is 24.0 Å². The van der Waals surface area contributed by atoms with Gasteiger partial charge < -0.3 is 52.5 Å². The van der Waals surface area contributed by atoms with Crippen molar-refractivity contribution in [3.8, 4) is 33.8 Å². The molecule has 0 spiro atoms. The molecule has 0 saturated heterocycles. The second-order valence-corrected chi connectivity index (χ2v) is 16.0. The van der Waals surface area contributed by atoms with E-state index in [-0.39, 0.29) is 45.1 Å². The van der Waals surface area contributed by atoms with Crippen molar-refractivity contribution in [2.75, 3.05) is 46.4 Å². The molecule has 16 heteroatoms. The van der Waals surface area contributed by atoms with Gasteiger partial charge in [0.05, 0.1) is 12.6 Å². The fraction of sp³-hybridized carbons (Fsp3) is 0.373. The van der Waals surface area contributed by atoms with Crippen LogP contribution in [0.3, 0.4) is 0 Å². The Balaban J connectivity index is 0.000000384. The first-order valence-electron chi connectivity index (χ1n) is 22.7. The van der Waals surface area contributed by atoms with Gasteiger partial charge >= 0.3 is 0 Å². The van der Waals surface area contributed by atoms with Gasteiger partial charge in [-0.2, -0.15) is 0 Å². The molecular formula is C51H67N9O7. The first kappa shape index (κ1) is 52.7. The lowest BCUT2D eigenvalue weighted by Crippen LogP contribution is -2.51. The average Bonchev–Trinajstić information content (AvgIpc) is 3.34. The van der Waals surface area contributed by atoms with E-state index in [0.717, 1.165) is 18.5 Å². The van der Waals surface area contributed by atoms with Gasteiger partial charge in [0.2, 0.25) is 24.1 Å². The Morgan fingerprint density at radius 2 is 1.42 bits per heavy atom. The molecule has 5 aromatic rings. The highest BCUT2D eigenvalue weighted by molar-refractivity contribution is 5.94. The molecule has 67 heavy (non-hydrogen) atoms. The molecule has 358 valence electrons. The Morgan fingerprint density at radius 3 is 2.00 bits per heavy atom. The summed E-state index contributed by atoms with van der Waals surface area (Å²) >= 11 is 0. The molecule has 2 heterocycles. The summed E-state index contributed by atoms with van der Waals surface area (Å²) in [4.78, 5) is 71.6. The van der Waals surface area contributed by atoms with Crippen LogP contribution in [0.1, 0.15) is 80.2 Å². The van der Waals surface area contributed by atoms with Gasteiger partial charge in [-0.05, 0) is 98.2 Å². The number of aromatic amines is 1. The standard InChI is InChI=1S/C31H38N8O7.C17H20.C3H9N/c1-18-30(43)37-23(29-35-10-7-26(41)38-29)14-19-3-5-24(45-11-8-32)21(13-19)22-15-20(4-6-25(22)46-12-9-33)28(31(44)36-18)39(2)27(42)16-34-17-40;1-3-4-5-15-8-12-17(13-9-15)16-10-6-14(2)7-11-16;1-2-3-4/h3-7,10,13,15,17-18,23,28H,8-9,11-12,14,16,32-33H2,1-2H3,(H,34,40)(H,36,44)(H,37,43)(H,35,38,41);6-13H,3-5H2,1-2H3;2-4H2,1H3/t18-,23?,28?;;/m0../s1. The fourth-order valence-corrected chi connectivity index (χ4v) is 7.04. The van der Waals surface area contributed by atoms with Crippen molar-refractivity contribution in [2.24, 2.45) is 17.2 Å². The van der Waals surface area contributed by atoms with Crippen molar-refractivity contribution in [1.82, 2.24) is 30.8 Å². The highest BCUT2D eigenvalue weighted by Gasteiger charge is 2.33. The summed E-state index contributed by atoms with van der Waals surface area (Å²) in [5, 5.41) is 7.90. The molecule has 1 aliphatic heterocycles. The molecule has 2 unspecified atom stereocenters. The number of nitrogens with zero attached hydrogens (tertiary/aromatic N) is 2. The summed E-state index contributed by atoms with van der Waals surface area (Å²) in [6.07, 6.45) is 6.78.